The Morgan fingerprint density at radius 3 is 2.62 bits per heavy atom. The van der Waals surface area contributed by atoms with E-state index in [9.17, 15) is 0 Å². The zero-order valence-corrected chi connectivity index (χ0v) is 13.3. The molecule has 0 amide bonds. The van der Waals surface area contributed by atoms with Gasteiger partial charge in [-0.15, -0.1) is 10.2 Å². The molecule has 0 saturated carbocycles. The van der Waals surface area contributed by atoms with E-state index in [0.29, 0.717) is 0 Å². The highest BCUT2D eigenvalue weighted by Crippen LogP contribution is 2.31. The molecule has 110 valence electrons. The van der Waals surface area contributed by atoms with Crippen molar-refractivity contribution in [2.45, 2.75) is 0 Å². The van der Waals surface area contributed by atoms with Crippen LogP contribution < -0.4 is 9.64 Å². The van der Waals surface area contributed by atoms with Crippen LogP contribution in [0.5, 0.6) is 5.75 Å². The Hall–Kier alpha value is -1.66. The third-order valence-corrected chi connectivity index (χ3v) is 3.92. The molecule has 1 aromatic carbocycles. The number of aromatic nitrogens is 2. The minimum absolute atomic E-state index is 0.739. The summed E-state index contributed by atoms with van der Waals surface area (Å²) >= 11 is 3.47. The number of morpholine rings is 1. The Kier molecular flexibility index (Phi) is 4.36. The summed E-state index contributed by atoms with van der Waals surface area (Å²) in [6, 6.07) is 9.81. The van der Waals surface area contributed by atoms with Gasteiger partial charge in [0.05, 0.1) is 26.0 Å². The van der Waals surface area contributed by atoms with Crippen molar-refractivity contribution in [3.05, 3.63) is 34.8 Å². The minimum Gasteiger partial charge on any atom is -0.496 e. The molecule has 0 N–H and O–H groups in total. The van der Waals surface area contributed by atoms with Crippen LogP contribution in [0.15, 0.2) is 34.8 Å². The van der Waals surface area contributed by atoms with E-state index >= 15 is 0 Å². The normalized spacial score (nSPS) is 15.0. The molecule has 0 atom stereocenters. The number of ether oxygens (including phenoxy) is 2. The molecule has 5 nitrogen and oxygen atoms in total. The van der Waals surface area contributed by atoms with Gasteiger partial charge >= 0.3 is 0 Å². The van der Waals surface area contributed by atoms with Crippen LogP contribution in [0.2, 0.25) is 0 Å². The minimum atomic E-state index is 0.739. The first-order chi connectivity index (χ1) is 10.3. The molecule has 0 bridgehead atoms. The third-order valence-electron chi connectivity index (χ3n) is 3.42. The molecule has 1 aromatic heterocycles. The zero-order chi connectivity index (χ0) is 14.7. The topological polar surface area (TPSA) is 47.5 Å². The summed E-state index contributed by atoms with van der Waals surface area (Å²) in [4.78, 5) is 2.18. The van der Waals surface area contributed by atoms with E-state index in [0.717, 1.165) is 53.6 Å². The van der Waals surface area contributed by atoms with E-state index in [1.807, 2.05) is 30.3 Å². The second kappa shape index (κ2) is 6.41. The second-order valence-electron chi connectivity index (χ2n) is 4.72. The molecule has 0 aliphatic carbocycles. The quantitative estimate of drug-likeness (QED) is 0.852. The van der Waals surface area contributed by atoms with Crippen LogP contribution in [0, 0.1) is 0 Å². The molecule has 2 aromatic rings. The molecule has 0 radical (unpaired) electrons. The van der Waals surface area contributed by atoms with Crippen molar-refractivity contribution in [1.29, 1.82) is 0 Å². The zero-order valence-electron chi connectivity index (χ0n) is 11.8. The summed E-state index contributed by atoms with van der Waals surface area (Å²) in [6.07, 6.45) is 0. The van der Waals surface area contributed by atoms with Crippen LogP contribution in [0.25, 0.3) is 11.3 Å². The van der Waals surface area contributed by atoms with E-state index < -0.39 is 0 Å². The van der Waals surface area contributed by atoms with E-state index in [2.05, 4.69) is 31.0 Å². The fraction of sp³-hybridized carbons (Fsp3) is 0.333. The van der Waals surface area contributed by atoms with Crippen molar-refractivity contribution in [3.8, 4) is 17.0 Å². The Morgan fingerprint density at radius 2 is 1.95 bits per heavy atom. The molecule has 2 heterocycles. The summed E-state index contributed by atoms with van der Waals surface area (Å²) in [6.45, 7) is 3.19. The second-order valence-corrected chi connectivity index (χ2v) is 5.64. The van der Waals surface area contributed by atoms with Gasteiger partial charge in [0, 0.05) is 23.1 Å². The van der Waals surface area contributed by atoms with Crippen LogP contribution in [0.4, 0.5) is 5.82 Å². The Morgan fingerprint density at radius 1 is 1.14 bits per heavy atom. The first-order valence-corrected chi connectivity index (χ1v) is 7.57. The van der Waals surface area contributed by atoms with Crippen LogP contribution in [0.1, 0.15) is 0 Å². The molecule has 1 aliphatic heterocycles. The highest BCUT2D eigenvalue weighted by Gasteiger charge is 2.14. The molecular weight excluding hydrogens is 334 g/mol. The fourth-order valence-electron chi connectivity index (χ4n) is 2.31. The smallest absolute Gasteiger partial charge is 0.151 e. The predicted octanol–water partition coefficient (Wildman–Crippen LogP) is 2.75. The number of hydrogen-bond acceptors (Lipinski definition) is 5. The average molecular weight is 350 g/mol. The first kappa shape index (κ1) is 14.3. The molecule has 1 aliphatic rings. The van der Waals surface area contributed by atoms with Gasteiger partial charge in [-0.3, -0.25) is 0 Å². The molecule has 21 heavy (non-hydrogen) atoms. The number of benzene rings is 1. The van der Waals surface area contributed by atoms with Crippen molar-refractivity contribution in [2.24, 2.45) is 0 Å². The Bertz CT molecular complexity index is 613. The number of rotatable bonds is 3. The number of nitrogens with zero attached hydrogens (tertiary/aromatic N) is 3. The lowest BCUT2D eigenvalue weighted by Gasteiger charge is -2.27. The number of halogens is 1. The van der Waals surface area contributed by atoms with Gasteiger partial charge in [0.15, 0.2) is 5.82 Å². The van der Waals surface area contributed by atoms with Gasteiger partial charge in [0.2, 0.25) is 0 Å². The maximum atomic E-state index is 5.39. The fourth-order valence-corrected chi connectivity index (χ4v) is 2.67. The van der Waals surface area contributed by atoms with Crippen molar-refractivity contribution in [3.63, 3.8) is 0 Å². The van der Waals surface area contributed by atoms with Crippen molar-refractivity contribution < 1.29 is 9.47 Å². The lowest BCUT2D eigenvalue weighted by atomic mass is 10.1. The van der Waals surface area contributed by atoms with Gasteiger partial charge in [-0.25, -0.2) is 0 Å². The maximum Gasteiger partial charge on any atom is 0.151 e. The maximum absolute atomic E-state index is 5.39. The number of methoxy groups -OCH3 is 1. The van der Waals surface area contributed by atoms with Gasteiger partial charge in [0.1, 0.15) is 5.75 Å². The summed E-state index contributed by atoms with van der Waals surface area (Å²) < 4.78 is 11.7. The molecule has 0 unspecified atom stereocenters. The third kappa shape index (κ3) is 3.16. The lowest BCUT2D eigenvalue weighted by molar-refractivity contribution is 0.122. The standard InChI is InChI=1S/C15H16BrN3O2/c1-20-14-4-2-11(16)10-12(14)13-3-5-15(18-17-13)19-6-8-21-9-7-19/h2-5,10H,6-9H2,1H3. The van der Waals surface area contributed by atoms with Crippen LogP contribution >= 0.6 is 15.9 Å². The van der Waals surface area contributed by atoms with Gasteiger partial charge in [-0.05, 0) is 30.3 Å². The Balaban J connectivity index is 1.88. The summed E-state index contributed by atoms with van der Waals surface area (Å²) in [5.41, 5.74) is 1.72. The van der Waals surface area contributed by atoms with Gasteiger partial charge < -0.3 is 14.4 Å². The summed E-state index contributed by atoms with van der Waals surface area (Å²) in [5.74, 6) is 1.67. The van der Waals surface area contributed by atoms with Crippen molar-refractivity contribution >= 4 is 21.7 Å². The van der Waals surface area contributed by atoms with Crippen molar-refractivity contribution in [1.82, 2.24) is 10.2 Å². The van der Waals surface area contributed by atoms with Crippen LogP contribution in [-0.4, -0.2) is 43.6 Å². The van der Waals surface area contributed by atoms with Crippen molar-refractivity contribution in [2.75, 3.05) is 38.3 Å². The highest BCUT2D eigenvalue weighted by molar-refractivity contribution is 9.10. The average Bonchev–Trinajstić information content (AvgIpc) is 2.56. The Labute approximate surface area is 132 Å². The first-order valence-electron chi connectivity index (χ1n) is 6.78. The molecule has 3 rings (SSSR count). The van der Waals surface area contributed by atoms with Gasteiger partial charge in [-0.2, -0.15) is 0 Å². The van der Waals surface area contributed by atoms with E-state index in [4.69, 9.17) is 9.47 Å². The SMILES string of the molecule is COc1ccc(Br)cc1-c1ccc(N2CCOCC2)nn1. The number of hydrogen-bond donors (Lipinski definition) is 0. The molecule has 1 fully saturated rings. The van der Waals surface area contributed by atoms with Crippen LogP contribution in [-0.2, 0) is 4.74 Å². The van der Waals surface area contributed by atoms with Crippen LogP contribution in [0.3, 0.4) is 0 Å². The summed E-state index contributed by atoms with van der Waals surface area (Å²) in [5, 5.41) is 8.67. The number of anilines is 1. The van der Waals surface area contributed by atoms with Gasteiger partial charge in [0.25, 0.3) is 0 Å². The summed E-state index contributed by atoms with van der Waals surface area (Å²) in [7, 11) is 1.66. The molecule has 6 heteroatoms. The van der Waals surface area contributed by atoms with E-state index in [1.165, 1.54) is 0 Å². The van der Waals surface area contributed by atoms with Gasteiger partial charge in [-0.1, -0.05) is 15.9 Å². The lowest BCUT2D eigenvalue weighted by Crippen LogP contribution is -2.36. The largest absolute Gasteiger partial charge is 0.496 e. The molecule has 0 spiro atoms. The van der Waals surface area contributed by atoms with E-state index in [1.54, 1.807) is 7.11 Å². The highest BCUT2D eigenvalue weighted by atomic mass is 79.9. The van der Waals surface area contributed by atoms with E-state index in [-0.39, 0.29) is 0 Å². The monoisotopic (exact) mass is 349 g/mol. The predicted molar refractivity (Wildman–Crippen MR) is 84.8 cm³/mol. The molecular formula is C15H16BrN3O2. The molecule has 1 saturated heterocycles.